The maximum atomic E-state index is 4.11. The molecule has 4 nitrogen and oxygen atoms in total. The predicted octanol–water partition coefficient (Wildman–Crippen LogP) is 3.33. The molecule has 2 aliphatic rings. The molecular weight excluding hydrogens is 268 g/mol. The van der Waals surface area contributed by atoms with E-state index >= 15 is 0 Å². The molecule has 0 spiro atoms. The van der Waals surface area contributed by atoms with Crippen molar-refractivity contribution in [1.29, 1.82) is 0 Å². The van der Waals surface area contributed by atoms with E-state index in [1.807, 2.05) is 0 Å². The van der Waals surface area contributed by atoms with Crippen molar-refractivity contribution >= 4 is 17.4 Å². The minimum Gasteiger partial charge on any atom is -0.382 e. The molecule has 0 bridgehead atoms. The lowest BCUT2D eigenvalue weighted by Gasteiger charge is -2.41. The van der Waals surface area contributed by atoms with Crippen molar-refractivity contribution < 1.29 is 0 Å². The van der Waals surface area contributed by atoms with Crippen LogP contribution in [0.25, 0.3) is 0 Å². The Morgan fingerprint density at radius 3 is 2.90 bits per heavy atom. The zero-order valence-electron chi connectivity index (χ0n) is 11.0. The standard InChI is InChI=1S/C15H16N4S/c1-2-10-8-14(13(10)3-1)18-11-4-6-12(7-5-11)20-15-16-9-17-19-15/h1,3-7,9-10,13-14,18H,2,8H2,(H,16,17,19). The molecule has 0 aliphatic heterocycles. The highest BCUT2D eigenvalue weighted by Crippen LogP contribution is 2.44. The molecule has 0 amide bonds. The van der Waals surface area contributed by atoms with Gasteiger partial charge in [0.1, 0.15) is 6.33 Å². The van der Waals surface area contributed by atoms with Gasteiger partial charge >= 0.3 is 0 Å². The number of aromatic amines is 1. The molecule has 20 heavy (non-hydrogen) atoms. The molecule has 1 heterocycles. The maximum absolute atomic E-state index is 4.11. The van der Waals surface area contributed by atoms with E-state index in [1.54, 1.807) is 11.8 Å². The van der Waals surface area contributed by atoms with Crippen molar-refractivity contribution in [3.8, 4) is 0 Å². The van der Waals surface area contributed by atoms with Crippen LogP contribution >= 0.6 is 11.8 Å². The Morgan fingerprint density at radius 2 is 2.15 bits per heavy atom. The van der Waals surface area contributed by atoms with Crippen LogP contribution in [-0.2, 0) is 0 Å². The van der Waals surface area contributed by atoms with E-state index in [1.165, 1.54) is 29.8 Å². The van der Waals surface area contributed by atoms with Crippen molar-refractivity contribution in [2.45, 2.75) is 28.9 Å². The summed E-state index contributed by atoms with van der Waals surface area (Å²) in [5, 5.41) is 11.2. The average Bonchev–Trinajstić information content (AvgIpc) is 3.08. The summed E-state index contributed by atoms with van der Waals surface area (Å²) in [5.41, 5.74) is 1.20. The van der Waals surface area contributed by atoms with Crippen LogP contribution in [0.2, 0.25) is 0 Å². The number of hydrogen-bond donors (Lipinski definition) is 2. The van der Waals surface area contributed by atoms with E-state index in [0.717, 1.165) is 17.0 Å². The largest absolute Gasteiger partial charge is 0.382 e. The molecule has 2 aliphatic carbocycles. The number of nitrogens with zero attached hydrogens (tertiary/aromatic N) is 2. The fraction of sp³-hybridized carbons (Fsp3) is 0.333. The lowest BCUT2D eigenvalue weighted by atomic mass is 9.71. The number of fused-ring (bicyclic) bond motifs is 1. The summed E-state index contributed by atoms with van der Waals surface area (Å²) in [5.74, 6) is 1.65. The van der Waals surface area contributed by atoms with E-state index in [-0.39, 0.29) is 0 Å². The summed E-state index contributed by atoms with van der Waals surface area (Å²) >= 11 is 1.59. The highest BCUT2D eigenvalue weighted by atomic mass is 32.2. The van der Waals surface area contributed by atoms with Crippen LogP contribution in [0.5, 0.6) is 0 Å². The van der Waals surface area contributed by atoms with Crippen molar-refractivity contribution in [1.82, 2.24) is 15.2 Å². The lowest BCUT2D eigenvalue weighted by Crippen LogP contribution is -2.43. The minimum atomic E-state index is 0.617. The van der Waals surface area contributed by atoms with Gasteiger partial charge in [-0.1, -0.05) is 23.9 Å². The molecular formula is C15H16N4S. The van der Waals surface area contributed by atoms with Crippen molar-refractivity contribution in [3.63, 3.8) is 0 Å². The maximum Gasteiger partial charge on any atom is 0.188 e. The van der Waals surface area contributed by atoms with Crippen LogP contribution in [0, 0.1) is 11.8 Å². The third kappa shape index (κ3) is 2.22. The Hall–Kier alpha value is -1.75. The smallest absolute Gasteiger partial charge is 0.188 e. The summed E-state index contributed by atoms with van der Waals surface area (Å²) < 4.78 is 0. The summed E-state index contributed by atoms with van der Waals surface area (Å²) in [6.07, 6.45) is 8.80. The first-order chi connectivity index (χ1) is 9.88. The van der Waals surface area contributed by atoms with Gasteiger partial charge in [-0.15, -0.1) is 0 Å². The van der Waals surface area contributed by atoms with E-state index in [4.69, 9.17) is 0 Å². The molecule has 2 N–H and O–H groups in total. The molecule has 0 saturated heterocycles. The zero-order valence-corrected chi connectivity index (χ0v) is 11.8. The van der Waals surface area contributed by atoms with E-state index < -0.39 is 0 Å². The fourth-order valence-electron chi connectivity index (χ4n) is 3.07. The summed E-state index contributed by atoms with van der Waals surface area (Å²) in [6, 6.07) is 9.15. The summed E-state index contributed by atoms with van der Waals surface area (Å²) in [6.45, 7) is 0. The topological polar surface area (TPSA) is 53.6 Å². The molecule has 2 aromatic rings. The van der Waals surface area contributed by atoms with Gasteiger partial charge in [0, 0.05) is 22.5 Å². The van der Waals surface area contributed by atoms with E-state index in [9.17, 15) is 0 Å². The second kappa shape index (κ2) is 4.98. The SMILES string of the molecule is C1=CC2C(C1)CC2Nc1ccc(Sc2ncn[nH]2)cc1. The van der Waals surface area contributed by atoms with Crippen LogP contribution in [0.4, 0.5) is 5.69 Å². The second-order valence-electron chi connectivity index (χ2n) is 5.40. The van der Waals surface area contributed by atoms with Gasteiger partial charge in [-0.25, -0.2) is 4.98 Å². The number of aromatic nitrogens is 3. The molecule has 3 atom stereocenters. The fourth-order valence-corrected chi connectivity index (χ4v) is 3.77. The second-order valence-corrected chi connectivity index (χ2v) is 6.47. The number of rotatable bonds is 4. The molecule has 1 saturated carbocycles. The number of anilines is 1. The predicted molar refractivity (Wildman–Crippen MR) is 79.7 cm³/mol. The van der Waals surface area contributed by atoms with E-state index in [0.29, 0.717) is 6.04 Å². The van der Waals surface area contributed by atoms with Crippen LogP contribution in [0.15, 0.2) is 52.8 Å². The Kier molecular flexibility index (Phi) is 2.99. The van der Waals surface area contributed by atoms with Crippen molar-refractivity contribution in [3.05, 3.63) is 42.7 Å². The first-order valence-corrected chi connectivity index (χ1v) is 7.76. The normalized spacial score (nSPS) is 27.1. The van der Waals surface area contributed by atoms with Crippen LogP contribution in [0.1, 0.15) is 12.8 Å². The number of H-pyrrole nitrogens is 1. The Bertz CT molecular complexity index is 605. The highest BCUT2D eigenvalue weighted by molar-refractivity contribution is 7.99. The Morgan fingerprint density at radius 1 is 1.25 bits per heavy atom. The van der Waals surface area contributed by atoms with Gasteiger partial charge < -0.3 is 5.32 Å². The number of benzene rings is 1. The molecule has 1 fully saturated rings. The number of hydrogen-bond acceptors (Lipinski definition) is 4. The van der Waals surface area contributed by atoms with Gasteiger partial charge in [-0.05, 0) is 43.0 Å². The van der Waals surface area contributed by atoms with Gasteiger partial charge in [-0.2, -0.15) is 5.10 Å². The molecule has 0 radical (unpaired) electrons. The third-order valence-electron chi connectivity index (χ3n) is 4.18. The molecule has 1 aromatic carbocycles. The van der Waals surface area contributed by atoms with E-state index in [2.05, 4.69) is 56.9 Å². The third-order valence-corrected chi connectivity index (χ3v) is 5.07. The van der Waals surface area contributed by atoms with Crippen LogP contribution < -0.4 is 5.32 Å². The Labute approximate surface area is 122 Å². The summed E-state index contributed by atoms with van der Waals surface area (Å²) in [4.78, 5) is 5.28. The van der Waals surface area contributed by atoms with Gasteiger partial charge in [0.2, 0.25) is 0 Å². The molecule has 4 rings (SSSR count). The van der Waals surface area contributed by atoms with Gasteiger partial charge in [-0.3, -0.25) is 5.10 Å². The zero-order chi connectivity index (χ0) is 13.4. The Balaban J connectivity index is 1.39. The van der Waals surface area contributed by atoms with Crippen molar-refractivity contribution in [2.75, 3.05) is 5.32 Å². The van der Waals surface area contributed by atoms with Gasteiger partial charge in [0.05, 0.1) is 0 Å². The molecule has 3 unspecified atom stereocenters. The lowest BCUT2D eigenvalue weighted by molar-refractivity contribution is 0.218. The van der Waals surface area contributed by atoms with Gasteiger partial charge in [0.15, 0.2) is 5.16 Å². The van der Waals surface area contributed by atoms with Gasteiger partial charge in [0.25, 0.3) is 0 Å². The average molecular weight is 284 g/mol. The van der Waals surface area contributed by atoms with Crippen molar-refractivity contribution in [2.24, 2.45) is 11.8 Å². The first-order valence-electron chi connectivity index (χ1n) is 6.95. The molecule has 102 valence electrons. The summed E-state index contributed by atoms with van der Waals surface area (Å²) in [7, 11) is 0. The first kappa shape index (κ1) is 12.0. The number of allylic oxidation sites excluding steroid dienone is 1. The highest BCUT2D eigenvalue weighted by Gasteiger charge is 2.40. The quantitative estimate of drug-likeness (QED) is 0.846. The molecule has 1 aromatic heterocycles. The minimum absolute atomic E-state index is 0.617. The number of nitrogens with one attached hydrogen (secondary N) is 2. The van der Waals surface area contributed by atoms with Crippen LogP contribution in [0.3, 0.4) is 0 Å². The molecule has 5 heteroatoms. The van der Waals surface area contributed by atoms with Crippen LogP contribution in [-0.4, -0.2) is 21.2 Å². The monoisotopic (exact) mass is 284 g/mol.